The summed E-state index contributed by atoms with van der Waals surface area (Å²) in [6.07, 6.45) is 2.32. The molecule has 0 unspecified atom stereocenters. The molecule has 0 bridgehead atoms. The lowest BCUT2D eigenvalue weighted by Gasteiger charge is -2.09. The van der Waals surface area contributed by atoms with E-state index in [1.54, 1.807) is 12.1 Å². The van der Waals surface area contributed by atoms with Crippen LogP contribution >= 0.6 is 27.5 Å². The second kappa shape index (κ2) is 3.92. The van der Waals surface area contributed by atoms with E-state index in [-0.39, 0.29) is 5.82 Å². The van der Waals surface area contributed by atoms with Gasteiger partial charge in [-0.25, -0.2) is 4.39 Å². The summed E-state index contributed by atoms with van der Waals surface area (Å²) in [4.78, 5) is 4.55. The van der Waals surface area contributed by atoms with Crippen molar-refractivity contribution in [2.75, 3.05) is 0 Å². The summed E-state index contributed by atoms with van der Waals surface area (Å²) >= 11 is 9.38. The number of hydrogen-bond acceptors (Lipinski definition) is 1. The Hall–Kier alpha value is -0.670. The molecule has 0 radical (unpaired) electrons. The molecule has 1 aromatic heterocycles. The number of fused-ring (bicyclic) bond motifs is 1. The van der Waals surface area contributed by atoms with Gasteiger partial charge in [-0.05, 0) is 53.4 Å². The second-order valence-corrected chi connectivity index (χ2v) is 5.78. The fourth-order valence-electron chi connectivity index (χ4n) is 2.06. The van der Waals surface area contributed by atoms with E-state index in [1.165, 1.54) is 0 Å². The third kappa shape index (κ3) is 1.85. The highest BCUT2D eigenvalue weighted by Gasteiger charge is 2.26. The number of nitrogens with zero attached hydrogens (tertiary/aromatic N) is 1. The zero-order valence-corrected chi connectivity index (χ0v) is 11.6. The molecule has 2 aromatic rings. The molecule has 1 aliphatic rings. The summed E-state index contributed by atoms with van der Waals surface area (Å²) in [5.41, 5.74) is 2.62. The van der Waals surface area contributed by atoms with E-state index >= 15 is 0 Å². The van der Waals surface area contributed by atoms with E-state index in [0.717, 1.165) is 24.1 Å². The van der Waals surface area contributed by atoms with Crippen LogP contribution in [0.2, 0.25) is 5.02 Å². The lowest BCUT2D eigenvalue weighted by molar-refractivity contribution is 0.632. The average Bonchev–Trinajstić information content (AvgIpc) is 3.09. The number of hydrogen-bond donors (Lipinski definition) is 0. The van der Waals surface area contributed by atoms with Gasteiger partial charge < -0.3 is 0 Å². The molecule has 0 N–H and O–H groups in total. The van der Waals surface area contributed by atoms with Crippen molar-refractivity contribution in [1.82, 2.24) is 4.98 Å². The molecule has 17 heavy (non-hydrogen) atoms. The average molecular weight is 315 g/mol. The van der Waals surface area contributed by atoms with Crippen molar-refractivity contribution < 1.29 is 4.39 Å². The van der Waals surface area contributed by atoms with Crippen LogP contribution in [0, 0.1) is 12.7 Å². The number of halogens is 3. The van der Waals surface area contributed by atoms with Crippen LogP contribution in [0.25, 0.3) is 10.9 Å². The molecule has 1 nitrogen and oxygen atoms in total. The van der Waals surface area contributed by atoms with E-state index in [2.05, 4.69) is 20.9 Å². The van der Waals surface area contributed by atoms with E-state index in [9.17, 15) is 4.39 Å². The van der Waals surface area contributed by atoms with E-state index in [4.69, 9.17) is 11.6 Å². The Bertz CT molecular complexity index is 623. The number of aromatic nitrogens is 1. The number of benzene rings is 1. The van der Waals surface area contributed by atoms with Crippen LogP contribution in [0.3, 0.4) is 0 Å². The first-order valence-electron chi connectivity index (χ1n) is 5.52. The first-order chi connectivity index (χ1) is 8.08. The molecule has 0 atom stereocenters. The van der Waals surface area contributed by atoms with Gasteiger partial charge >= 0.3 is 0 Å². The molecular formula is C13H10BrClFN. The zero-order chi connectivity index (χ0) is 12.2. The molecule has 1 fully saturated rings. The van der Waals surface area contributed by atoms with Crippen LogP contribution < -0.4 is 0 Å². The Balaban J connectivity index is 2.38. The third-order valence-electron chi connectivity index (χ3n) is 3.13. The standard InChI is InChI=1S/C13H10BrClFN/c1-6-4-8(14)12(16)11-9(15)5-10(7-2-3-7)17-13(6)11/h4-5,7H,2-3H2,1H3. The Kier molecular flexibility index (Phi) is 2.64. The second-order valence-electron chi connectivity index (χ2n) is 4.52. The first kappa shape index (κ1) is 11.4. The van der Waals surface area contributed by atoms with Crippen LogP contribution in [-0.4, -0.2) is 4.98 Å². The van der Waals surface area contributed by atoms with Crippen molar-refractivity contribution in [3.63, 3.8) is 0 Å². The fraction of sp³-hybridized carbons (Fsp3) is 0.308. The molecule has 1 aromatic carbocycles. The molecule has 1 aliphatic carbocycles. The Morgan fingerprint density at radius 2 is 2.12 bits per heavy atom. The first-order valence-corrected chi connectivity index (χ1v) is 6.69. The largest absolute Gasteiger partial charge is 0.252 e. The zero-order valence-electron chi connectivity index (χ0n) is 9.23. The maximum atomic E-state index is 14.0. The molecule has 88 valence electrons. The summed E-state index contributed by atoms with van der Waals surface area (Å²) in [7, 11) is 0. The van der Waals surface area contributed by atoms with Gasteiger partial charge in [0.2, 0.25) is 0 Å². The van der Waals surface area contributed by atoms with Crippen LogP contribution in [0.1, 0.15) is 30.0 Å². The summed E-state index contributed by atoms with van der Waals surface area (Å²) in [5.74, 6) is 0.188. The predicted octanol–water partition coefficient (Wildman–Crippen LogP) is 4.98. The van der Waals surface area contributed by atoms with Gasteiger partial charge in [0.05, 0.1) is 20.4 Å². The van der Waals surface area contributed by atoms with Gasteiger partial charge in [-0.1, -0.05) is 11.6 Å². The number of aryl methyl sites for hydroxylation is 1. The van der Waals surface area contributed by atoms with Gasteiger partial charge in [0.1, 0.15) is 5.82 Å². The summed E-state index contributed by atoms with van der Waals surface area (Å²) in [6.45, 7) is 1.92. The minimum atomic E-state index is -0.328. The van der Waals surface area contributed by atoms with Crippen LogP contribution in [0.4, 0.5) is 4.39 Å². The summed E-state index contributed by atoms with van der Waals surface area (Å²) in [6, 6.07) is 3.55. The smallest absolute Gasteiger partial charge is 0.148 e. The van der Waals surface area contributed by atoms with Crippen molar-refractivity contribution in [3.8, 4) is 0 Å². The van der Waals surface area contributed by atoms with E-state index in [0.29, 0.717) is 26.3 Å². The van der Waals surface area contributed by atoms with Crippen molar-refractivity contribution in [2.45, 2.75) is 25.7 Å². The quantitative estimate of drug-likeness (QED) is 0.723. The van der Waals surface area contributed by atoms with Gasteiger partial charge in [-0.15, -0.1) is 0 Å². The number of rotatable bonds is 1. The fourth-order valence-corrected chi connectivity index (χ4v) is 2.88. The van der Waals surface area contributed by atoms with E-state index in [1.807, 2.05) is 6.92 Å². The monoisotopic (exact) mass is 313 g/mol. The molecule has 0 aliphatic heterocycles. The number of pyridine rings is 1. The Labute approximate surface area is 112 Å². The van der Waals surface area contributed by atoms with Crippen molar-refractivity contribution >= 4 is 38.4 Å². The minimum Gasteiger partial charge on any atom is -0.252 e. The lowest BCUT2D eigenvalue weighted by atomic mass is 10.1. The van der Waals surface area contributed by atoms with Crippen LogP contribution in [0.5, 0.6) is 0 Å². The molecular weight excluding hydrogens is 305 g/mol. The van der Waals surface area contributed by atoms with Crippen LogP contribution in [-0.2, 0) is 0 Å². The van der Waals surface area contributed by atoms with E-state index < -0.39 is 0 Å². The third-order valence-corrected chi connectivity index (χ3v) is 4.01. The van der Waals surface area contributed by atoms with Gasteiger partial charge in [0.15, 0.2) is 0 Å². The predicted molar refractivity (Wildman–Crippen MR) is 71.1 cm³/mol. The van der Waals surface area contributed by atoms with Crippen molar-refractivity contribution in [2.24, 2.45) is 0 Å². The van der Waals surface area contributed by atoms with Crippen molar-refractivity contribution in [1.29, 1.82) is 0 Å². The summed E-state index contributed by atoms with van der Waals surface area (Å²) < 4.78 is 14.5. The minimum absolute atomic E-state index is 0.328. The highest BCUT2D eigenvalue weighted by atomic mass is 79.9. The highest BCUT2D eigenvalue weighted by Crippen LogP contribution is 2.42. The van der Waals surface area contributed by atoms with Crippen molar-refractivity contribution in [3.05, 3.63) is 38.7 Å². The SMILES string of the molecule is Cc1cc(Br)c(F)c2c(Cl)cc(C3CC3)nc12. The van der Waals surface area contributed by atoms with Gasteiger partial charge in [0.25, 0.3) is 0 Å². The normalized spacial score (nSPS) is 15.5. The molecule has 3 rings (SSSR count). The maximum Gasteiger partial charge on any atom is 0.148 e. The molecule has 4 heteroatoms. The van der Waals surface area contributed by atoms with Gasteiger partial charge in [-0.2, -0.15) is 0 Å². The molecule has 0 amide bonds. The molecule has 1 saturated carbocycles. The Morgan fingerprint density at radius 1 is 1.41 bits per heavy atom. The van der Waals surface area contributed by atoms with Crippen LogP contribution in [0.15, 0.2) is 16.6 Å². The van der Waals surface area contributed by atoms with Gasteiger partial charge in [0, 0.05) is 11.6 Å². The topological polar surface area (TPSA) is 12.9 Å². The molecule has 0 spiro atoms. The maximum absolute atomic E-state index is 14.0. The molecule has 0 saturated heterocycles. The lowest BCUT2D eigenvalue weighted by Crippen LogP contribution is -1.94. The summed E-state index contributed by atoms with van der Waals surface area (Å²) in [5, 5.41) is 0.877. The Morgan fingerprint density at radius 3 is 2.76 bits per heavy atom. The molecule has 1 heterocycles. The van der Waals surface area contributed by atoms with Gasteiger partial charge in [-0.3, -0.25) is 4.98 Å². The highest BCUT2D eigenvalue weighted by molar-refractivity contribution is 9.10.